The van der Waals surface area contributed by atoms with Gasteiger partial charge in [-0.3, -0.25) is 5.41 Å². The molecular formula is C18H26N2O2. The molecule has 120 valence electrons. The monoisotopic (exact) mass is 302 g/mol. The molecule has 0 saturated heterocycles. The molecule has 22 heavy (non-hydrogen) atoms. The fourth-order valence-corrected chi connectivity index (χ4v) is 2.30. The molecule has 0 amide bonds. The van der Waals surface area contributed by atoms with Crippen LogP contribution in [-0.4, -0.2) is 25.5 Å². The second kappa shape index (κ2) is 8.37. The van der Waals surface area contributed by atoms with Gasteiger partial charge in [-0.05, 0) is 38.3 Å². The maximum absolute atomic E-state index is 12.3. The normalized spacial score (nSPS) is 13.1. The van der Waals surface area contributed by atoms with E-state index in [2.05, 4.69) is 0 Å². The van der Waals surface area contributed by atoms with Gasteiger partial charge in [0.2, 0.25) is 0 Å². The van der Waals surface area contributed by atoms with E-state index in [9.17, 15) is 4.79 Å². The molecule has 0 heterocycles. The number of carbonyl (C=O) groups is 1. The third kappa shape index (κ3) is 4.20. The molecule has 0 saturated carbocycles. The molecule has 1 unspecified atom stereocenters. The zero-order chi connectivity index (χ0) is 16.7. The van der Waals surface area contributed by atoms with Gasteiger partial charge in [0.25, 0.3) is 0 Å². The lowest BCUT2D eigenvalue weighted by Gasteiger charge is -2.24. The van der Waals surface area contributed by atoms with Gasteiger partial charge < -0.3 is 9.64 Å². The first-order chi connectivity index (χ1) is 10.4. The predicted octanol–water partition coefficient (Wildman–Crippen LogP) is 4.03. The molecule has 0 spiro atoms. The topological polar surface area (TPSA) is 53.4 Å². The number of benzene rings is 1. The summed E-state index contributed by atoms with van der Waals surface area (Å²) in [6.45, 7) is 7.98. The van der Waals surface area contributed by atoms with Crippen molar-refractivity contribution in [1.29, 1.82) is 5.41 Å². The smallest absolute Gasteiger partial charge is 0.334 e. The van der Waals surface area contributed by atoms with Crippen molar-refractivity contribution >= 4 is 17.5 Å². The third-order valence-electron chi connectivity index (χ3n) is 3.84. The first-order valence-electron chi connectivity index (χ1n) is 7.69. The van der Waals surface area contributed by atoms with E-state index in [1.54, 1.807) is 11.8 Å². The number of anilines is 1. The molecule has 1 aromatic rings. The summed E-state index contributed by atoms with van der Waals surface area (Å²) in [4.78, 5) is 14.0. The van der Waals surface area contributed by atoms with Crippen LogP contribution in [0.5, 0.6) is 0 Å². The van der Waals surface area contributed by atoms with Gasteiger partial charge >= 0.3 is 5.97 Å². The molecule has 1 N–H and O–H groups in total. The lowest BCUT2D eigenvalue weighted by molar-refractivity contribution is -0.139. The number of carbonyl (C=O) groups excluding carboxylic acids is 1. The maximum atomic E-state index is 12.3. The van der Waals surface area contributed by atoms with Crippen LogP contribution in [0.15, 0.2) is 41.5 Å². The van der Waals surface area contributed by atoms with E-state index in [0.29, 0.717) is 23.6 Å². The molecule has 0 radical (unpaired) electrons. The number of hydrogen-bond donors (Lipinski definition) is 1. The van der Waals surface area contributed by atoms with Gasteiger partial charge in [-0.15, -0.1) is 0 Å². The minimum absolute atomic E-state index is 0.0589. The number of nitrogens with zero attached hydrogens (tertiary/aromatic N) is 1. The van der Waals surface area contributed by atoms with Crippen LogP contribution >= 0.6 is 0 Å². The molecule has 0 fully saturated rings. The Morgan fingerprint density at radius 3 is 2.36 bits per heavy atom. The van der Waals surface area contributed by atoms with Gasteiger partial charge in [-0.1, -0.05) is 32.0 Å². The molecule has 0 bridgehead atoms. The Morgan fingerprint density at radius 1 is 1.27 bits per heavy atom. The van der Waals surface area contributed by atoms with Crippen LogP contribution in [0.4, 0.5) is 5.69 Å². The average molecular weight is 302 g/mol. The van der Waals surface area contributed by atoms with Crippen molar-refractivity contribution in [3.8, 4) is 0 Å². The second-order valence-corrected chi connectivity index (χ2v) is 5.31. The molecule has 4 nitrogen and oxygen atoms in total. The average Bonchev–Trinajstić information content (AvgIpc) is 2.54. The predicted molar refractivity (Wildman–Crippen MR) is 91.4 cm³/mol. The lowest BCUT2D eigenvalue weighted by atomic mass is 9.93. The molecule has 0 aliphatic rings. The number of rotatable bonds is 6. The maximum Gasteiger partial charge on any atom is 0.334 e. The van der Waals surface area contributed by atoms with E-state index in [1.165, 1.54) is 0 Å². The molecule has 4 heteroatoms. The number of hydrogen-bond acceptors (Lipinski definition) is 3. The van der Waals surface area contributed by atoms with Crippen LogP contribution in [0.2, 0.25) is 0 Å². The highest BCUT2D eigenvalue weighted by molar-refractivity contribution is 6.11. The first-order valence-corrected chi connectivity index (χ1v) is 7.69. The summed E-state index contributed by atoms with van der Waals surface area (Å²) >= 11 is 0. The van der Waals surface area contributed by atoms with Crippen molar-refractivity contribution in [2.24, 2.45) is 5.92 Å². The van der Waals surface area contributed by atoms with Crippen LogP contribution < -0.4 is 4.90 Å². The van der Waals surface area contributed by atoms with E-state index >= 15 is 0 Å². The zero-order valence-electron chi connectivity index (χ0n) is 14.1. The molecule has 0 aliphatic heterocycles. The highest BCUT2D eigenvalue weighted by atomic mass is 16.5. The van der Waals surface area contributed by atoms with Crippen molar-refractivity contribution in [2.75, 3.05) is 18.6 Å². The van der Waals surface area contributed by atoms with Gasteiger partial charge in [0.1, 0.15) is 5.84 Å². The van der Waals surface area contributed by atoms with Crippen molar-refractivity contribution in [1.82, 2.24) is 0 Å². The Labute approximate surface area is 133 Å². The Bertz CT molecular complexity index is 549. The molecule has 1 atom stereocenters. The van der Waals surface area contributed by atoms with Crippen molar-refractivity contribution in [3.63, 3.8) is 0 Å². The minimum Gasteiger partial charge on any atom is -0.463 e. The van der Waals surface area contributed by atoms with Crippen LogP contribution in [0, 0.1) is 11.3 Å². The lowest BCUT2D eigenvalue weighted by Crippen LogP contribution is -2.29. The standard InChI is InChI=1S/C18H26N2O2/c1-6-13(3)16(18(21)22-7-2)14(4)17(19)20(5)15-11-9-8-10-12-15/h8-13,19H,6-7H2,1-5H3/b16-14+,19-17?. The van der Waals surface area contributed by atoms with Crippen LogP contribution in [0.3, 0.4) is 0 Å². The Hall–Kier alpha value is -2.10. The second-order valence-electron chi connectivity index (χ2n) is 5.31. The van der Waals surface area contributed by atoms with Crippen LogP contribution in [0.25, 0.3) is 0 Å². The fourth-order valence-electron chi connectivity index (χ4n) is 2.30. The molecule has 1 aromatic carbocycles. The molecule has 0 aromatic heterocycles. The molecule has 1 rings (SSSR count). The Morgan fingerprint density at radius 2 is 1.86 bits per heavy atom. The summed E-state index contributed by atoms with van der Waals surface area (Å²) in [5, 5.41) is 8.42. The highest BCUT2D eigenvalue weighted by Gasteiger charge is 2.23. The summed E-state index contributed by atoms with van der Waals surface area (Å²) in [5.74, 6) is 0.0543. The summed E-state index contributed by atoms with van der Waals surface area (Å²) in [6, 6.07) is 9.68. The van der Waals surface area contributed by atoms with Gasteiger partial charge in [-0.25, -0.2) is 4.79 Å². The van der Waals surface area contributed by atoms with Crippen LogP contribution in [0.1, 0.15) is 34.1 Å². The van der Waals surface area contributed by atoms with E-state index < -0.39 is 0 Å². The van der Waals surface area contributed by atoms with E-state index in [0.717, 1.165) is 12.1 Å². The fraction of sp³-hybridized carbons (Fsp3) is 0.444. The van der Waals surface area contributed by atoms with E-state index in [-0.39, 0.29) is 11.9 Å². The van der Waals surface area contributed by atoms with Crippen molar-refractivity contribution in [2.45, 2.75) is 34.1 Å². The van der Waals surface area contributed by atoms with Crippen LogP contribution in [-0.2, 0) is 9.53 Å². The summed E-state index contributed by atoms with van der Waals surface area (Å²) in [7, 11) is 1.83. The number of para-hydroxylation sites is 1. The van der Waals surface area contributed by atoms with Gasteiger partial charge in [-0.2, -0.15) is 0 Å². The quantitative estimate of drug-likeness (QED) is 0.373. The third-order valence-corrected chi connectivity index (χ3v) is 3.84. The van der Waals surface area contributed by atoms with Gasteiger partial charge in [0.05, 0.1) is 6.61 Å². The highest BCUT2D eigenvalue weighted by Crippen LogP contribution is 2.23. The molecule has 0 aliphatic carbocycles. The Balaban J connectivity index is 3.16. The number of esters is 1. The summed E-state index contributed by atoms with van der Waals surface area (Å²) < 4.78 is 5.17. The summed E-state index contributed by atoms with van der Waals surface area (Å²) in [6.07, 6.45) is 0.827. The number of ether oxygens (including phenoxy) is 1. The molecular weight excluding hydrogens is 276 g/mol. The van der Waals surface area contributed by atoms with Gasteiger partial charge in [0.15, 0.2) is 0 Å². The Kier molecular flexibility index (Phi) is 6.83. The number of likely N-dealkylation sites (N-methyl/N-ethyl adjacent to an activating group) is 1. The summed E-state index contributed by atoms with van der Waals surface area (Å²) in [5.41, 5.74) is 2.18. The first kappa shape index (κ1) is 18.0. The minimum atomic E-state index is -0.319. The van der Waals surface area contributed by atoms with E-state index in [4.69, 9.17) is 10.1 Å². The van der Waals surface area contributed by atoms with Gasteiger partial charge in [0, 0.05) is 23.9 Å². The largest absolute Gasteiger partial charge is 0.463 e. The number of nitrogens with one attached hydrogen (secondary N) is 1. The SMILES string of the molecule is CCOC(=O)/C(=C(\C)C(=N)N(C)c1ccccc1)C(C)CC. The van der Waals surface area contributed by atoms with Crippen molar-refractivity contribution in [3.05, 3.63) is 41.5 Å². The number of amidine groups is 1. The zero-order valence-corrected chi connectivity index (χ0v) is 14.1. The van der Waals surface area contributed by atoms with E-state index in [1.807, 2.05) is 58.2 Å². The van der Waals surface area contributed by atoms with Crippen molar-refractivity contribution < 1.29 is 9.53 Å².